The Balaban J connectivity index is 2.41. The van der Waals surface area contributed by atoms with E-state index >= 15 is 0 Å². The van der Waals surface area contributed by atoms with E-state index in [4.69, 9.17) is 17.3 Å². The zero-order chi connectivity index (χ0) is 17.0. The predicted octanol–water partition coefficient (Wildman–Crippen LogP) is 3.27. The minimum atomic E-state index is -1.16. The summed E-state index contributed by atoms with van der Waals surface area (Å²) in [5, 5.41) is 0.514. The molecule has 1 amide bonds. The largest absolute Gasteiger partial charge is 0.381 e. The van der Waals surface area contributed by atoms with Gasteiger partial charge in [0.25, 0.3) is 5.91 Å². The van der Waals surface area contributed by atoms with Crippen molar-refractivity contribution in [3.63, 3.8) is 0 Å². The molecule has 0 aliphatic heterocycles. The van der Waals surface area contributed by atoms with Gasteiger partial charge in [0.2, 0.25) is 0 Å². The summed E-state index contributed by atoms with van der Waals surface area (Å²) >= 11 is 6.79. The van der Waals surface area contributed by atoms with Gasteiger partial charge in [0.15, 0.2) is 12.5 Å². The first-order valence-electron chi connectivity index (χ1n) is 6.44. The Labute approximate surface area is 140 Å². The third-order valence-corrected chi connectivity index (χ3v) is 4.33. The molecule has 0 aliphatic rings. The van der Waals surface area contributed by atoms with Crippen molar-refractivity contribution in [2.45, 2.75) is 16.6 Å². The average molecular weight is 359 g/mol. The molecule has 9 heteroatoms. The molecular formula is C14H13ClF2N4OS. The number of anilines is 2. The third-order valence-electron chi connectivity index (χ3n) is 3.03. The number of halogens is 3. The van der Waals surface area contributed by atoms with Crippen molar-refractivity contribution in [1.82, 2.24) is 9.97 Å². The molecule has 1 aromatic heterocycles. The highest BCUT2D eigenvalue weighted by atomic mass is 35.5. The molecule has 1 heterocycles. The normalized spacial score (nSPS) is 10.6. The van der Waals surface area contributed by atoms with E-state index in [0.717, 1.165) is 16.7 Å². The Hall–Kier alpha value is -1.93. The van der Waals surface area contributed by atoms with Gasteiger partial charge in [0.05, 0.1) is 11.9 Å². The van der Waals surface area contributed by atoms with E-state index in [-0.39, 0.29) is 16.5 Å². The van der Waals surface area contributed by atoms with Crippen LogP contribution in [0.4, 0.5) is 20.3 Å². The number of nitrogen functional groups attached to an aromatic ring is 1. The summed E-state index contributed by atoms with van der Waals surface area (Å²) < 4.78 is 26.1. The maximum absolute atomic E-state index is 13.5. The van der Waals surface area contributed by atoms with E-state index in [1.54, 1.807) is 18.2 Å². The minimum Gasteiger partial charge on any atom is -0.381 e. The number of carbonyl (C=O) groups excluding carboxylic acids is 1. The average Bonchev–Trinajstić information content (AvgIpc) is 2.55. The van der Waals surface area contributed by atoms with Gasteiger partial charge in [-0.25, -0.2) is 18.7 Å². The lowest BCUT2D eigenvalue weighted by Gasteiger charge is -2.20. The lowest BCUT2D eigenvalue weighted by atomic mass is 10.1. The van der Waals surface area contributed by atoms with Crippen LogP contribution in [0, 0.1) is 0 Å². The highest BCUT2D eigenvalue weighted by Crippen LogP contribution is 2.36. The molecule has 5 nitrogen and oxygen atoms in total. The first kappa shape index (κ1) is 17.4. The second-order valence-corrected chi connectivity index (χ2v) is 5.88. The number of hydrogen-bond acceptors (Lipinski definition) is 5. The van der Waals surface area contributed by atoms with Crippen molar-refractivity contribution in [3.05, 3.63) is 35.1 Å². The number of rotatable bonds is 5. The molecule has 0 unspecified atom stereocenters. The van der Waals surface area contributed by atoms with Gasteiger partial charge in [-0.2, -0.15) is 0 Å². The summed E-state index contributed by atoms with van der Waals surface area (Å²) in [5.41, 5.74) is 6.28. The number of nitrogens with zero attached hydrogens (tertiary/aromatic N) is 3. The van der Waals surface area contributed by atoms with Gasteiger partial charge in [-0.3, -0.25) is 4.79 Å². The van der Waals surface area contributed by atoms with Gasteiger partial charge < -0.3 is 10.6 Å². The molecule has 2 rings (SSSR count). The molecular weight excluding hydrogens is 346 g/mol. The van der Waals surface area contributed by atoms with Crippen molar-refractivity contribution in [2.75, 3.05) is 24.4 Å². The SMILES string of the molecule is CN(C(=O)CF)c1cccc(Sc2ncc(Cl)nc2N)c1CF. The quantitative estimate of drug-likeness (QED) is 0.888. The lowest BCUT2D eigenvalue weighted by molar-refractivity contribution is -0.119. The summed E-state index contributed by atoms with van der Waals surface area (Å²) in [6.07, 6.45) is 1.33. The summed E-state index contributed by atoms with van der Waals surface area (Å²) in [7, 11) is 1.39. The van der Waals surface area contributed by atoms with Crippen LogP contribution in [0.5, 0.6) is 0 Å². The smallest absolute Gasteiger partial charge is 0.258 e. The van der Waals surface area contributed by atoms with Gasteiger partial charge in [-0.15, -0.1) is 0 Å². The lowest BCUT2D eigenvalue weighted by Crippen LogP contribution is -2.28. The Kier molecular flexibility index (Phi) is 5.73. The Morgan fingerprint density at radius 3 is 2.78 bits per heavy atom. The number of benzene rings is 1. The van der Waals surface area contributed by atoms with Gasteiger partial charge in [-0.05, 0) is 12.1 Å². The van der Waals surface area contributed by atoms with E-state index in [0.29, 0.717) is 15.6 Å². The minimum absolute atomic E-state index is 0.117. The Morgan fingerprint density at radius 1 is 1.43 bits per heavy atom. The number of hydrogen-bond donors (Lipinski definition) is 1. The first-order valence-corrected chi connectivity index (χ1v) is 7.63. The Bertz CT molecular complexity index is 732. The molecule has 0 bridgehead atoms. The van der Waals surface area contributed by atoms with Crippen molar-refractivity contribution >= 4 is 40.8 Å². The Morgan fingerprint density at radius 2 is 2.17 bits per heavy atom. The van der Waals surface area contributed by atoms with E-state index < -0.39 is 19.3 Å². The molecule has 0 aliphatic carbocycles. The molecule has 0 radical (unpaired) electrons. The van der Waals surface area contributed by atoms with Crippen LogP contribution in [-0.2, 0) is 11.5 Å². The number of carbonyl (C=O) groups is 1. The second kappa shape index (κ2) is 7.56. The van der Waals surface area contributed by atoms with Crippen LogP contribution in [0.25, 0.3) is 0 Å². The van der Waals surface area contributed by atoms with E-state index in [9.17, 15) is 13.6 Å². The molecule has 0 spiro atoms. The zero-order valence-electron chi connectivity index (χ0n) is 12.1. The highest BCUT2D eigenvalue weighted by molar-refractivity contribution is 7.99. The van der Waals surface area contributed by atoms with Crippen LogP contribution in [0.1, 0.15) is 5.56 Å². The fraction of sp³-hybridized carbons (Fsp3) is 0.214. The van der Waals surface area contributed by atoms with Gasteiger partial charge >= 0.3 is 0 Å². The number of nitrogens with two attached hydrogens (primary N) is 1. The van der Waals surface area contributed by atoms with Crippen molar-refractivity contribution < 1.29 is 13.6 Å². The summed E-state index contributed by atoms with van der Waals surface area (Å²) in [4.78, 5) is 21.0. The van der Waals surface area contributed by atoms with Crippen LogP contribution in [0.2, 0.25) is 5.15 Å². The molecule has 1 aromatic carbocycles. The standard InChI is InChI=1S/C14H13ClF2N4OS/c1-21(12(22)6-17)9-3-2-4-10(8(9)5-16)23-14-13(18)20-11(15)7-19-14/h2-4,7H,5-6H2,1H3,(H2,18,20). The molecule has 23 heavy (non-hydrogen) atoms. The van der Waals surface area contributed by atoms with Crippen LogP contribution >= 0.6 is 23.4 Å². The maximum atomic E-state index is 13.5. The summed E-state index contributed by atoms with van der Waals surface area (Å²) in [5.74, 6) is -0.640. The van der Waals surface area contributed by atoms with Crippen molar-refractivity contribution in [3.8, 4) is 0 Å². The summed E-state index contributed by atoms with van der Waals surface area (Å²) in [6, 6.07) is 4.84. The molecule has 122 valence electrons. The predicted molar refractivity (Wildman–Crippen MR) is 86.2 cm³/mol. The zero-order valence-corrected chi connectivity index (χ0v) is 13.7. The summed E-state index contributed by atoms with van der Waals surface area (Å²) in [6.45, 7) is -1.99. The van der Waals surface area contributed by atoms with Crippen molar-refractivity contribution in [1.29, 1.82) is 0 Å². The van der Waals surface area contributed by atoms with Gasteiger partial charge in [-0.1, -0.05) is 29.4 Å². The van der Waals surface area contributed by atoms with Crippen LogP contribution in [0.15, 0.2) is 34.3 Å². The van der Waals surface area contributed by atoms with E-state index in [2.05, 4.69) is 9.97 Å². The monoisotopic (exact) mass is 358 g/mol. The molecule has 2 aromatic rings. The number of alkyl halides is 2. The van der Waals surface area contributed by atoms with Crippen LogP contribution in [-0.4, -0.2) is 29.6 Å². The molecule has 0 atom stereocenters. The highest BCUT2D eigenvalue weighted by Gasteiger charge is 2.18. The molecule has 2 N–H and O–H groups in total. The topological polar surface area (TPSA) is 72.1 Å². The third kappa shape index (κ3) is 3.89. The maximum Gasteiger partial charge on any atom is 0.258 e. The van der Waals surface area contributed by atoms with Crippen LogP contribution in [0.3, 0.4) is 0 Å². The number of aromatic nitrogens is 2. The van der Waals surface area contributed by atoms with Crippen LogP contribution < -0.4 is 10.6 Å². The fourth-order valence-corrected chi connectivity index (χ4v) is 2.91. The van der Waals surface area contributed by atoms with E-state index in [1.807, 2.05) is 0 Å². The van der Waals surface area contributed by atoms with Crippen molar-refractivity contribution in [2.24, 2.45) is 0 Å². The van der Waals surface area contributed by atoms with Gasteiger partial charge in [0, 0.05) is 17.5 Å². The molecule has 0 saturated heterocycles. The fourth-order valence-electron chi connectivity index (χ4n) is 1.87. The van der Waals surface area contributed by atoms with E-state index in [1.165, 1.54) is 13.2 Å². The second-order valence-electron chi connectivity index (χ2n) is 4.46. The number of amides is 1. The van der Waals surface area contributed by atoms with Gasteiger partial charge in [0.1, 0.15) is 16.9 Å². The molecule has 0 fully saturated rings. The first-order chi connectivity index (χ1) is 11.0. The molecule has 0 saturated carbocycles.